The Labute approximate surface area is 104 Å². The largest absolute Gasteiger partial charge is 0.293 e. The Morgan fingerprint density at radius 3 is 2.59 bits per heavy atom. The predicted octanol–water partition coefficient (Wildman–Crippen LogP) is 2.74. The van der Waals surface area contributed by atoms with E-state index in [4.69, 9.17) is 11.6 Å². The lowest BCUT2D eigenvalue weighted by Crippen LogP contribution is -2.02. The van der Waals surface area contributed by atoms with Crippen LogP contribution < -0.4 is 0 Å². The number of nitrogens with zero attached hydrogens (tertiary/aromatic N) is 3. The number of aryl methyl sites for hydroxylation is 1. The molecule has 0 saturated heterocycles. The molecule has 4 nitrogen and oxygen atoms in total. The Balaban J connectivity index is 2.57. The van der Waals surface area contributed by atoms with E-state index < -0.39 is 0 Å². The van der Waals surface area contributed by atoms with Gasteiger partial charge in [-0.05, 0) is 31.5 Å². The van der Waals surface area contributed by atoms with Crippen LogP contribution in [0.1, 0.15) is 28.7 Å². The van der Waals surface area contributed by atoms with Gasteiger partial charge in [-0.1, -0.05) is 22.9 Å². The molecule has 1 aromatic heterocycles. The zero-order valence-electron chi connectivity index (χ0n) is 9.86. The van der Waals surface area contributed by atoms with E-state index in [-0.39, 0.29) is 5.78 Å². The van der Waals surface area contributed by atoms with Gasteiger partial charge in [0.05, 0.1) is 16.4 Å². The van der Waals surface area contributed by atoms with Gasteiger partial charge >= 0.3 is 0 Å². The minimum Gasteiger partial charge on any atom is -0.293 e. The van der Waals surface area contributed by atoms with Crippen LogP contribution in [0.25, 0.3) is 5.69 Å². The minimum absolute atomic E-state index is 0.100. The second kappa shape index (κ2) is 4.30. The van der Waals surface area contributed by atoms with Crippen molar-refractivity contribution in [3.8, 4) is 5.69 Å². The number of benzene rings is 1. The van der Waals surface area contributed by atoms with Gasteiger partial charge in [-0.15, -0.1) is 5.10 Å². The third kappa shape index (κ3) is 2.08. The van der Waals surface area contributed by atoms with E-state index in [2.05, 4.69) is 10.3 Å². The maximum Gasteiger partial charge on any atom is 0.181 e. The van der Waals surface area contributed by atoms with Gasteiger partial charge in [0.15, 0.2) is 11.5 Å². The number of ketones is 1. The Bertz CT molecular complexity index is 589. The molecule has 0 unspecified atom stereocenters. The first kappa shape index (κ1) is 11.8. The van der Waals surface area contributed by atoms with Gasteiger partial charge in [0.1, 0.15) is 0 Å². The van der Waals surface area contributed by atoms with Crippen molar-refractivity contribution < 1.29 is 4.79 Å². The average molecular weight is 250 g/mol. The highest BCUT2D eigenvalue weighted by Crippen LogP contribution is 2.22. The van der Waals surface area contributed by atoms with Crippen molar-refractivity contribution in [3.63, 3.8) is 0 Å². The maximum absolute atomic E-state index is 11.3. The van der Waals surface area contributed by atoms with Gasteiger partial charge in [0.2, 0.25) is 0 Å². The predicted molar refractivity (Wildman–Crippen MR) is 65.8 cm³/mol. The van der Waals surface area contributed by atoms with Crippen LogP contribution >= 0.6 is 11.6 Å². The van der Waals surface area contributed by atoms with Crippen LogP contribution in [0.2, 0.25) is 5.02 Å². The molecule has 0 radical (unpaired) electrons. The molecule has 2 aromatic rings. The second-order valence-electron chi connectivity index (χ2n) is 3.95. The molecule has 88 valence electrons. The molecule has 0 aliphatic heterocycles. The maximum atomic E-state index is 11.3. The van der Waals surface area contributed by atoms with Crippen LogP contribution in [0.4, 0.5) is 0 Å². The Kier molecular flexibility index (Phi) is 2.98. The standard InChI is InChI=1S/C12H12ClN3O/c1-7-4-5-11(10(13)6-7)16-8(2)12(9(3)17)14-15-16/h4-6H,1-3H3. The summed E-state index contributed by atoms with van der Waals surface area (Å²) < 4.78 is 1.58. The molecule has 0 saturated carbocycles. The minimum atomic E-state index is -0.100. The van der Waals surface area contributed by atoms with E-state index in [1.165, 1.54) is 6.92 Å². The van der Waals surface area contributed by atoms with Crippen LogP contribution in [0.3, 0.4) is 0 Å². The summed E-state index contributed by atoms with van der Waals surface area (Å²) in [5, 5.41) is 8.41. The molecular formula is C12H12ClN3O. The third-order valence-corrected chi connectivity index (χ3v) is 2.86. The number of carbonyl (C=O) groups excluding carboxylic acids is 1. The van der Waals surface area contributed by atoms with Crippen molar-refractivity contribution in [1.82, 2.24) is 15.0 Å². The molecule has 5 heteroatoms. The first-order chi connectivity index (χ1) is 8.00. The van der Waals surface area contributed by atoms with E-state index in [9.17, 15) is 4.79 Å². The van der Waals surface area contributed by atoms with Gasteiger partial charge in [-0.25, -0.2) is 4.68 Å². The number of carbonyl (C=O) groups is 1. The number of rotatable bonds is 2. The van der Waals surface area contributed by atoms with E-state index in [0.717, 1.165) is 11.3 Å². The Morgan fingerprint density at radius 2 is 2.06 bits per heavy atom. The highest BCUT2D eigenvalue weighted by Gasteiger charge is 2.15. The molecule has 0 aliphatic carbocycles. The van der Waals surface area contributed by atoms with Gasteiger partial charge in [-0.2, -0.15) is 0 Å². The number of halogens is 1. The summed E-state index contributed by atoms with van der Waals surface area (Å²) in [6.07, 6.45) is 0. The van der Waals surface area contributed by atoms with Crippen LogP contribution in [0.15, 0.2) is 18.2 Å². The molecule has 0 fully saturated rings. The van der Waals surface area contributed by atoms with E-state index >= 15 is 0 Å². The molecule has 0 spiro atoms. The number of aromatic nitrogens is 3. The summed E-state index contributed by atoms with van der Waals surface area (Å²) in [6, 6.07) is 5.66. The zero-order valence-corrected chi connectivity index (χ0v) is 10.6. The molecule has 0 bridgehead atoms. The van der Waals surface area contributed by atoms with Gasteiger partial charge in [-0.3, -0.25) is 4.79 Å². The molecular weight excluding hydrogens is 238 g/mol. The smallest absolute Gasteiger partial charge is 0.181 e. The van der Waals surface area contributed by atoms with Gasteiger partial charge in [0.25, 0.3) is 0 Å². The Morgan fingerprint density at radius 1 is 1.35 bits per heavy atom. The number of hydrogen-bond donors (Lipinski definition) is 0. The molecule has 0 amide bonds. The zero-order chi connectivity index (χ0) is 12.6. The summed E-state index contributed by atoms with van der Waals surface area (Å²) in [7, 11) is 0. The summed E-state index contributed by atoms with van der Waals surface area (Å²) in [5.74, 6) is -0.100. The monoisotopic (exact) mass is 249 g/mol. The summed E-state index contributed by atoms with van der Waals surface area (Å²) in [5.41, 5.74) is 2.88. The summed E-state index contributed by atoms with van der Waals surface area (Å²) in [6.45, 7) is 5.23. The molecule has 0 aliphatic rings. The molecule has 17 heavy (non-hydrogen) atoms. The quantitative estimate of drug-likeness (QED) is 0.769. The van der Waals surface area contributed by atoms with Crippen LogP contribution in [0.5, 0.6) is 0 Å². The topological polar surface area (TPSA) is 47.8 Å². The van der Waals surface area contributed by atoms with Crippen molar-refractivity contribution in [2.24, 2.45) is 0 Å². The van der Waals surface area contributed by atoms with Crippen LogP contribution in [-0.2, 0) is 0 Å². The summed E-state index contributed by atoms with van der Waals surface area (Å²) in [4.78, 5) is 11.3. The fourth-order valence-corrected chi connectivity index (χ4v) is 1.98. The highest BCUT2D eigenvalue weighted by molar-refractivity contribution is 6.32. The normalized spacial score (nSPS) is 10.6. The van der Waals surface area contributed by atoms with Crippen molar-refractivity contribution in [2.45, 2.75) is 20.8 Å². The first-order valence-corrected chi connectivity index (χ1v) is 5.58. The van der Waals surface area contributed by atoms with Crippen molar-refractivity contribution >= 4 is 17.4 Å². The Hall–Kier alpha value is -1.68. The average Bonchev–Trinajstić information content (AvgIpc) is 2.60. The fourth-order valence-electron chi connectivity index (χ4n) is 1.67. The van der Waals surface area contributed by atoms with Gasteiger partial charge < -0.3 is 0 Å². The first-order valence-electron chi connectivity index (χ1n) is 5.20. The molecule has 0 atom stereocenters. The lowest BCUT2D eigenvalue weighted by molar-refractivity contribution is 0.101. The number of hydrogen-bond acceptors (Lipinski definition) is 3. The molecule has 1 aromatic carbocycles. The second-order valence-corrected chi connectivity index (χ2v) is 4.35. The lowest BCUT2D eigenvalue weighted by Gasteiger charge is -2.06. The van der Waals surface area contributed by atoms with Crippen molar-refractivity contribution in [3.05, 3.63) is 40.2 Å². The van der Waals surface area contributed by atoms with Crippen molar-refractivity contribution in [2.75, 3.05) is 0 Å². The highest BCUT2D eigenvalue weighted by atomic mass is 35.5. The fraction of sp³-hybridized carbons (Fsp3) is 0.250. The number of Topliss-reactive ketones (excluding diaryl/α,β-unsaturated/α-hetero) is 1. The third-order valence-electron chi connectivity index (χ3n) is 2.56. The molecule has 2 rings (SSSR count). The van der Waals surface area contributed by atoms with E-state index in [1.807, 2.05) is 25.1 Å². The van der Waals surface area contributed by atoms with E-state index in [1.54, 1.807) is 11.6 Å². The van der Waals surface area contributed by atoms with Crippen molar-refractivity contribution in [1.29, 1.82) is 0 Å². The van der Waals surface area contributed by atoms with Crippen LogP contribution in [0, 0.1) is 13.8 Å². The molecule has 0 N–H and O–H groups in total. The SMILES string of the molecule is CC(=O)c1nnn(-c2ccc(C)cc2Cl)c1C. The van der Waals surface area contributed by atoms with Gasteiger partial charge in [0, 0.05) is 6.92 Å². The van der Waals surface area contributed by atoms with Crippen LogP contribution in [-0.4, -0.2) is 20.8 Å². The molecule has 1 heterocycles. The lowest BCUT2D eigenvalue weighted by atomic mass is 10.2. The summed E-state index contributed by atoms with van der Waals surface area (Å²) >= 11 is 6.15. The van der Waals surface area contributed by atoms with E-state index in [0.29, 0.717) is 16.4 Å².